The average Bonchev–Trinajstić information content (AvgIpc) is 3.13. The molecule has 0 spiro atoms. The smallest absolute Gasteiger partial charge is 0.232 e. The van der Waals surface area contributed by atoms with Crippen LogP contribution < -0.4 is 5.73 Å². The molecule has 4 rings (SSSR count). The second-order valence-electron chi connectivity index (χ2n) is 7.83. The van der Waals surface area contributed by atoms with Gasteiger partial charge in [0.05, 0.1) is 11.5 Å². The summed E-state index contributed by atoms with van der Waals surface area (Å²) in [6.45, 7) is 3.02. The second kappa shape index (κ2) is 5.58. The molecule has 126 valence electrons. The van der Waals surface area contributed by atoms with Crippen molar-refractivity contribution in [2.45, 2.75) is 75.8 Å². The van der Waals surface area contributed by atoms with Crippen molar-refractivity contribution in [1.29, 1.82) is 0 Å². The molecular weight excluding hydrogens is 292 g/mol. The standard InChI is InChI=1S/C17H26N4O2/c1-11-3-5-13(6-4-11)21-10-12(9-14(21)22)15-19-16(20-23-15)17(18)7-2-8-17/h11-13H,2-10,18H2,1H3. The summed E-state index contributed by atoms with van der Waals surface area (Å²) in [7, 11) is 0. The third-order valence-electron chi connectivity index (χ3n) is 6.07. The molecule has 2 saturated carbocycles. The van der Waals surface area contributed by atoms with Crippen LogP contribution in [0.4, 0.5) is 0 Å². The van der Waals surface area contributed by atoms with Crippen molar-refractivity contribution in [3.63, 3.8) is 0 Å². The highest BCUT2D eigenvalue weighted by molar-refractivity contribution is 5.79. The third-order valence-corrected chi connectivity index (χ3v) is 6.07. The predicted molar refractivity (Wildman–Crippen MR) is 84.5 cm³/mol. The number of rotatable bonds is 3. The molecule has 6 nitrogen and oxygen atoms in total. The van der Waals surface area contributed by atoms with E-state index in [0.29, 0.717) is 24.2 Å². The molecule has 1 aromatic rings. The summed E-state index contributed by atoms with van der Waals surface area (Å²) in [5, 5.41) is 4.09. The van der Waals surface area contributed by atoms with Gasteiger partial charge in [-0.1, -0.05) is 12.1 Å². The lowest BCUT2D eigenvalue weighted by molar-refractivity contribution is -0.130. The summed E-state index contributed by atoms with van der Waals surface area (Å²) in [5.74, 6) is 2.28. The number of aromatic nitrogens is 2. The van der Waals surface area contributed by atoms with Gasteiger partial charge < -0.3 is 15.2 Å². The molecule has 1 saturated heterocycles. The van der Waals surface area contributed by atoms with Gasteiger partial charge in [-0.05, 0) is 50.9 Å². The largest absolute Gasteiger partial charge is 0.339 e. The van der Waals surface area contributed by atoms with Crippen molar-refractivity contribution < 1.29 is 9.32 Å². The first-order valence-corrected chi connectivity index (χ1v) is 8.97. The van der Waals surface area contributed by atoms with Crippen LogP contribution in [0.1, 0.15) is 75.9 Å². The Kier molecular flexibility index (Phi) is 3.67. The topological polar surface area (TPSA) is 85.2 Å². The Labute approximate surface area is 136 Å². The fraction of sp³-hybridized carbons (Fsp3) is 0.824. The fourth-order valence-corrected chi connectivity index (χ4v) is 4.19. The van der Waals surface area contributed by atoms with Crippen LogP contribution in [0, 0.1) is 5.92 Å². The molecule has 2 N–H and O–H groups in total. The predicted octanol–water partition coefficient (Wildman–Crippen LogP) is 2.30. The number of nitrogens with zero attached hydrogens (tertiary/aromatic N) is 3. The summed E-state index contributed by atoms with van der Waals surface area (Å²) in [4.78, 5) is 19.0. The first kappa shape index (κ1) is 15.1. The Balaban J connectivity index is 1.44. The lowest BCUT2D eigenvalue weighted by Gasteiger charge is -2.34. The molecule has 1 aromatic heterocycles. The molecule has 2 heterocycles. The molecule has 0 bridgehead atoms. The summed E-state index contributed by atoms with van der Waals surface area (Å²) in [5.41, 5.74) is 5.86. The lowest BCUT2D eigenvalue weighted by Crippen LogP contribution is -2.44. The van der Waals surface area contributed by atoms with Crippen LogP contribution in [0.15, 0.2) is 4.52 Å². The van der Waals surface area contributed by atoms with Gasteiger partial charge in [-0.3, -0.25) is 4.79 Å². The molecule has 0 aromatic carbocycles. The molecule has 0 radical (unpaired) electrons. The number of carbonyl (C=O) groups excluding carboxylic acids is 1. The fourth-order valence-electron chi connectivity index (χ4n) is 4.19. The van der Waals surface area contributed by atoms with E-state index in [1.807, 2.05) is 0 Å². The number of carbonyl (C=O) groups is 1. The van der Waals surface area contributed by atoms with E-state index in [0.717, 1.165) is 44.6 Å². The second-order valence-corrected chi connectivity index (χ2v) is 7.83. The van der Waals surface area contributed by atoms with Gasteiger partial charge >= 0.3 is 0 Å². The normalized spacial score (nSPS) is 33.7. The summed E-state index contributed by atoms with van der Waals surface area (Å²) in [6.07, 6.45) is 8.14. The van der Waals surface area contributed by atoms with E-state index >= 15 is 0 Å². The Morgan fingerprint density at radius 3 is 2.65 bits per heavy atom. The Morgan fingerprint density at radius 2 is 2.00 bits per heavy atom. The van der Waals surface area contributed by atoms with E-state index in [4.69, 9.17) is 10.3 Å². The highest BCUT2D eigenvalue weighted by atomic mass is 16.5. The van der Waals surface area contributed by atoms with Crippen molar-refractivity contribution in [2.75, 3.05) is 6.54 Å². The van der Waals surface area contributed by atoms with E-state index in [-0.39, 0.29) is 11.8 Å². The zero-order chi connectivity index (χ0) is 16.0. The van der Waals surface area contributed by atoms with Gasteiger partial charge in [0.15, 0.2) is 5.82 Å². The number of hydrogen-bond acceptors (Lipinski definition) is 5. The van der Waals surface area contributed by atoms with Crippen LogP contribution in [0.2, 0.25) is 0 Å². The maximum atomic E-state index is 12.4. The summed E-state index contributed by atoms with van der Waals surface area (Å²) < 4.78 is 5.45. The van der Waals surface area contributed by atoms with Gasteiger partial charge in [-0.15, -0.1) is 0 Å². The van der Waals surface area contributed by atoms with Crippen molar-refractivity contribution in [3.8, 4) is 0 Å². The third kappa shape index (κ3) is 2.67. The van der Waals surface area contributed by atoms with Gasteiger partial charge in [-0.25, -0.2) is 0 Å². The van der Waals surface area contributed by atoms with E-state index in [1.54, 1.807) is 0 Å². The van der Waals surface area contributed by atoms with Crippen LogP contribution in [0.3, 0.4) is 0 Å². The molecule has 3 aliphatic rings. The van der Waals surface area contributed by atoms with Gasteiger partial charge in [-0.2, -0.15) is 4.98 Å². The number of hydrogen-bond donors (Lipinski definition) is 1. The van der Waals surface area contributed by atoms with Gasteiger partial charge in [0.1, 0.15) is 0 Å². The maximum Gasteiger partial charge on any atom is 0.232 e. The van der Waals surface area contributed by atoms with E-state index in [2.05, 4.69) is 22.0 Å². The molecule has 2 aliphatic carbocycles. The van der Waals surface area contributed by atoms with Crippen molar-refractivity contribution >= 4 is 5.91 Å². The van der Waals surface area contributed by atoms with Crippen LogP contribution in [-0.4, -0.2) is 33.5 Å². The SMILES string of the molecule is CC1CCC(N2CC(c3nc(C4(N)CCC4)no3)CC2=O)CC1. The molecular formula is C17H26N4O2. The van der Waals surface area contributed by atoms with Crippen LogP contribution in [0.5, 0.6) is 0 Å². The molecule has 3 fully saturated rings. The van der Waals surface area contributed by atoms with Crippen LogP contribution >= 0.6 is 0 Å². The number of nitrogens with two attached hydrogens (primary N) is 1. The molecule has 6 heteroatoms. The minimum Gasteiger partial charge on any atom is -0.339 e. The molecule has 1 atom stereocenters. The van der Waals surface area contributed by atoms with Crippen molar-refractivity contribution in [2.24, 2.45) is 11.7 Å². The first-order chi connectivity index (χ1) is 11.0. The quantitative estimate of drug-likeness (QED) is 0.924. The minimum absolute atomic E-state index is 0.0341. The van der Waals surface area contributed by atoms with Crippen LogP contribution in [-0.2, 0) is 10.3 Å². The van der Waals surface area contributed by atoms with Crippen LogP contribution in [0.25, 0.3) is 0 Å². The average molecular weight is 318 g/mol. The summed E-state index contributed by atoms with van der Waals surface area (Å²) in [6, 6.07) is 0.401. The highest BCUT2D eigenvalue weighted by Gasteiger charge is 2.42. The van der Waals surface area contributed by atoms with Gasteiger partial charge in [0.2, 0.25) is 11.8 Å². The lowest BCUT2D eigenvalue weighted by atomic mass is 9.77. The molecule has 1 aliphatic heterocycles. The first-order valence-electron chi connectivity index (χ1n) is 8.97. The molecule has 1 unspecified atom stereocenters. The van der Waals surface area contributed by atoms with Crippen molar-refractivity contribution in [3.05, 3.63) is 11.7 Å². The Bertz CT molecular complexity index is 587. The summed E-state index contributed by atoms with van der Waals surface area (Å²) >= 11 is 0. The van der Waals surface area contributed by atoms with E-state index < -0.39 is 5.54 Å². The zero-order valence-electron chi connectivity index (χ0n) is 13.8. The van der Waals surface area contributed by atoms with Gasteiger partial charge in [0, 0.05) is 19.0 Å². The Hall–Kier alpha value is -1.43. The molecule has 23 heavy (non-hydrogen) atoms. The Morgan fingerprint density at radius 1 is 1.26 bits per heavy atom. The van der Waals surface area contributed by atoms with E-state index in [1.165, 1.54) is 12.8 Å². The zero-order valence-corrected chi connectivity index (χ0v) is 13.8. The monoisotopic (exact) mass is 318 g/mol. The van der Waals surface area contributed by atoms with Crippen molar-refractivity contribution in [1.82, 2.24) is 15.0 Å². The van der Waals surface area contributed by atoms with Gasteiger partial charge in [0.25, 0.3) is 0 Å². The molecule has 1 amide bonds. The number of amides is 1. The minimum atomic E-state index is -0.399. The van der Waals surface area contributed by atoms with E-state index in [9.17, 15) is 4.79 Å². The highest BCUT2D eigenvalue weighted by Crippen LogP contribution is 2.39. The number of likely N-dealkylation sites (tertiary alicyclic amines) is 1. The maximum absolute atomic E-state index is 12.4.